The maximum absolute atomic E-state index is 4.46. The van der Waals surface area contributed by atoms with Crippen molar-refractivity contribution in [1.29, 1.82) is 0 Å². The molecule has 0 amide bonds. The van der Waals surface area contributed by atoms with Crippen LogP contribution >= 0.6 is 15.9 Å². The van der Waals surface area contributed by atoms with E-state index < -0.39 is 0 Å². The lowest BCUT2D eigenvalue weighted by Gasteiger charge is -2.17. The molecule has 4 heteroatoms. The topological polar surface area (TPSA) is 29.9 Å². The second-order valence-corrected chi connectivity index (χ2v) is 5.97. The third-order valence-electron chi connectivity index (χ3n) is 3.71. The Morgan fingerprint density at radius 2 is 2.00 bits per heavy atom. The third kappa shape index (κ3) is 3.49. The molecule has 1 aromatic carbocycles. The van der Waals surface area contributed by atoms with Crippen molar-refractivity contribution in [2.45, 2.75) is 25.7 Å². The molecule has 3 nitrogen and oxygen atoms in total. The zero-order valence-corrected chi connectivity index (χ0v) is 13.9. The van der Waals surface area contributed by atoms with Crippen LogP contribution in [0.25, 0.3) is 0 Å². The molecule has 0 aliphatic carbocycles. The van der Waals surface area contributed by atoms with Crippen LogP contribution in [0.2, 0.25) is 0 Å². The minimum Gasteiger partial charge on any atom is -0.319 e. The number of halogens is 1. The lowest BCUT2D eigenvalue weighted by Crippen LogP contribution is -2.18. The summed E-state index contributed by atoms with van der Waals surface area (Å²) in [6.07, 6.45) is 2.14. The largest absolute Gasteiger partial charge is 0.319 e. The van der Waals surface area contributed by atoms with E-state index in [4.69, 9.17) is 0 Å². The van der Waals surface area contributed by atoms with Crippen LogP contribution in [0.5, 0.6) is 0 Å². The number of hydrogen-bond acceptors (Lipinski definition) is 2. The molecule has 20 heavy (non-hydrogen) atoms. The first kappa shape index (κ1) is 15.3. The molecule has 1 heterocycles. The molecule has 1 atom stereocenters. The average Bonchev–Trinajstić information content (AvgIpc) is 2.70. The van der Waals surface area contributed by atoms with E-state index >= 15 is 0 Å². The first-order valence-corrected chi connectivity index (χ1v) is 7.80. The molecule has 1 N–H and O–H groups in total. The molecule has 2 aromatic rings. The van der Waals surface area contributed by atoms with Gasteiger partial charge in [-0.25, -0.2) is 0 Å². The van der Waals surface area contributed by atoms with E-state index in [0.717, 1.165) is 29.6 Å². The molecule has 0 saturated heterocycles. The number of benzene rings is 1. The predicted molar refractivity (Wildman–Crippen MR) is 87.1 cm³/mol. The summed E-state index contributed by atoms with van der Waals surface area (Å²) in [5.41, 5.74) is 3.74. The summed E-state index contributed by atoms with van der Waals surface area (Å²) >= 11 is 3.65. The van der Waals surface area contributed by atoms with Gasteiger partial charge in [-0.3, -0.25) is 4.68 Å². The molecule has 0 fully saturated rings. The summed E-state index contributed by atoms with van der Waals surface area (Å²) in [6, 6.07) is 10.7. The molecule has 0 aliphatic rings. The van der Waals surface area contributed by atoms with E-state index in [1.54, 1.807) is 0 Å². The highest BCUT2D eigenvalue weighted by molar-refractivity contribution is 9.10. The smallest absolute Gasteiger partial charge is 0.0738 e. The zero-order chi connectivity index (χ0) is 14.5. The number of likely N-dealkylation sites (N-methyl/N-ethyl adjacent to an activating group) is 1. The van der Waals surface area contributed by atoms with E-state index in [1.807, 2.05) is 25.7 Å². The van der Waals surface area contributed by atoms with Gasteiger partial charge in [0, 0.05) is 13.6 Å². The van der Waals surface area contributed by atoms with Crippen molar-refractivity contribution in [1.82, 2.24) is 15.1 Å². The highest BCUT2D eigenvalue weighted by Crippen LogP contribution is 2.26. The quantitative estimate of drug-likeness (QED) is 0.876. The summed E-state index contributed by atoms with van der Waals surface area (Å²) < 4.78 is 3.14. The lowest BCUT2D eigenvalue weighted by molar-refractivity contribution is 0.566. The Hall–Kier alpha value is -1.13. The van der Waals surface area contributed by atoms with E-state index in [1.165, 1.54) is 11.3 Å². The molecule has 0 spiro atoms. The normalized spacial score (nSPS) is 12.6. The lowest BCUT2D eigenvalue weighted by atomic mass is 9.93. The van der Waals surface area contributed by atoms with Crippen molar-refractivity contribution < 1.29 is 0 Å². The van der Waals surface area contributed by atoms with Gasteiger partial charge in [-0.15, -0.1) is 0 Å². The van der Waals surface area contributed by atoms with Gasteiger partial charge in [0.2, 0.25) is 0 Å². The number of nitrogens with zero attached hydrogens (tertiary/aromatic N) is 2. The zero-order valence-electron chi connectivity index (χ0n) is 12.4. The Morgan fingerprint density at radius 1 is 1.30 bits per heavy atom. The van der Waals surface area contributed by atoms with Crippen molar-refractivity contribution >= 4 is 15.9 Å². The Balaban J connectivity index is 2.10. The first-order chi connectivity index (χ1) is 9.63. The van der Waals surface area contributed by atoms with E-state index in [2.05, 4.69) is 56.7 Å². The Labute approximate surface area is 129 Å². The van der Waals surface area contributed by atoms with Gasteiger partial charge in [-0.05, 0) is 54.2 Å². The van der Waals surface area contributed by atoms with E-state index in [0.29, 0.717) is 5.92 Å². The highest BCUT2D eigenvalue weighted by atomic mass is 79.9. The summed E-state index contributed by atoms with van der Waals surface area (Å²) in [5, 5.41) is 7.76. The maximum Gasteiger partial charge on any atom is 0.0738 e. The summed E-state index contributed by atoms with van der Waals surface area (Å²) in [4.78, 5) is 0. The molecule has 0 saturated carbocycles. The number of rotatable bonds is 6. The maximum atomic E-state index is 4.46. The summed E-state index contributed by atoms with van der Waals surface area (Å²) in [6.45, 7) is 3.04. The van der Waals surface area contributed by atoms with Crippen LogP contribution in [0.15, 0.2) is 34.8 Å². The predicted octanol–water partition coefficient (Wildman–Crippen LogP) is 3.43. The van der Waals surface area contributed by atoms with Crippen LogP contribution < -0.4 is 5.32 Å². The fourth-order valence-electron chi connectivity index (χ4n) is 2.62. The van der Waals surface area contributed by atoms with Crippen LogP contribution in [0.4, 0.5) is 0 Å². The van der Waals surface area contributed by atoms with Crippen molar-refractivity contribution in [3.63, 3.8) is 0 Å². The fraction of sp³-hybridized carbons (Fsp3) is 0.438. The third-order valence-corrected chi connectivity index (χ3v) is 4.74. The van der Waals surface area contributed by atoms with E-state index in [9.17, 15) is 0 Å². The standard InChI is InChI=1S/C16H22BrN3/c1-12-16(17)15(20(3)19-12)10-9-14(11-18-2)13-7-5-4-6-8-13/h4-8,14,18H,9-11H2,1-3H3. The monoisotopic (exact) mass is 335 g/mol. The number of hydrogen-bond donors (Lipinski definition) is 1. The molecular formula is C16H22BrN3. The fourth-order valence-corrected chi connectivity index (χ4v) is 3.15. The molecule has 1 aromatic heterocycles. The van der Waals surface area contributed by atoms with Crippen LogP contribution in [-0.2, 0) is 13.5 Å². The van der Waals surface area contributed by atoms with Crippen molar-refractivity contribution in [3.05, 3.63) is 51.8 Å². The Bertz CT molecular complexity index is 548. The van der Waals surface area contributed by atoms with E-state index in [-0.39, 0.29) is 0 Å². The molecule has 0 aliphatic heterocycles. The second kappa shape index (κ2) is 7.04. The average molecular weight is 336 g/mol. The molecule has 0 bridgehead atoms. The molecule has 1 unspecified atom stereocenters. The van der Waals surface area contributed by atoms with Crippen molar-refractivity contribution in [2.24, 2.45) is 7.05 Å². The van der Waals surface area contributed by atoms with Crippen LogP contribution in [0.3, 0.4) is 0 Å². The molecule has 0 radical (unpaired) electrons. The summed E-state index contributed by atoms with van der Waals surface area (Å²) in [7, 11) is 4.03. The van der Waals surface area contributed by atoms with Crippen LogP contribution in [0, 0.1) is 6.92 Å². The van der Waals surface area contributed by atoms with Gasteiger partial charge in [0.1, 0.15) is 0 Å². The summed E-state index contributed by atoms with van der Waals surface area (Å²) in [5.74, 6) is 0.531. The van der Waals surface area contributed by atoms with Crippen molar-refractivity contribution in [3.8, 4) is 0 Å². The van der Waals surface area contributed by atoms with Gasteiger partial charge in [0.05, 0.1) is 15.9 Å². The van der Waals surface area contributed by atoms with Gasteiger partial charge < -0.3 is 5.32 Å². The Morgan fingerprint density at radius 3 is 2.55 bits per heavy atom. The minimum atomic E-state index is 0.531. The second-order valence-electron chi connectivity index (χ2n) is 5.17. The molecular weight excluding hydrogens is 314 g/mol. The van der Waals surface area contributed by atoms with Crippen LogP contribution in [-0.4, -0.2) is 23.4 Å². The van der Waals surface area contributed by atoms with Gasteiger partial charge in [0.15, 0.2) is 0 Å². The highest BCUT2D eigenvalue weighted by Gasteiger charge is 2.15. The van der Waals surface area contributed by atoms with Gasteiger partial charge >= 0.3 is 0 Å². The molecule has 108 valence electrons. The van der Waals surface area contributed by atoms with Crippen LogP contribution in [0.1, 0.15) is 29.3 Å². The van der Waals surface area contributed by atoms with Crippen molar-refractivity contribution in [2.75, 3.05) is 13.6 Å². The number of aromatic nitrogens is 2. The Kier molecular flexibility index (Phi) is 5.38. The van der Waals surface area contributed by atoms with Gasteiger partial charge in [-0.2, -0.15) is 5.10 Å². The molecule has 2 rings (SSSR count). The number of nitrogens with one attached hydrogen (secondary N) is 1. The van der Waals surface area contributed by atoms with Gasteiger partial charge in [0.25, 0.3) is 0 Å². The minimum absolute atomic E-state index is 0.531. The number of aryl methyl sites for hydroxylation is 2. The first-order valence-electron chi connectivity index (χ1n) is 7.01. The SMILES string of the molecule is CNCC(CCc1c(Br)c(C)nn1C)c1ccccc1. The van der Waals surface area contributed by atoms with Gasteiger partial charge in [-0.1, -0.05) is 30.3 Å².